The van der Waals surface area contributed by atoms with E-state index in [9.17, 15) is 10.1 Å². The second-order valence-corrected chi connectivity index (χ2v) is 4.85. The molecule has 2 rings (SSSR count). The van der Waals surface area contributed by atoms with Gasteiger partial charge in [0.05, 0.1) is 17.7 Å². The van der Waals surface area contributed by atoms with Gasteiger partial charge in [-0.15, -0.1) is 0 Å². The van der Waals surface area contributed by atoms with E-state index >= 15 is 0 Å². The molecule has 2 aromatic rings. The quantitative estimate of drug-likeness (QED) is 0.510. The van der Waals surface area contributed by atoms with Crippen LogP contribution in [0.2, 0.25) is 5.28 Å². The SMILES string of the molecule is COc1ccc(Br)cc1Nc1nc(Cl)ncc1[N+](=O)[O-]. The summed E-state index contributed by atoms with van der Waals surface area (Å²) in [6, 6.07) is 5.20. The second kappa shape index (κ2) is 6.02. The van der Waals surface area contributed by atoms with Crippen LogP contribution in [0, 0.1) is 10.1 Å². The standard InChI is InChI=1S/C11H8BrClN4O3/c1-20-9-3-2-6(12)4-7(9)15-10-8(17(18)19)5-14-11(13)16-10/h2-5H,1H3,(H,14,15,16). The first-order valence-corrected chi connectivity index (χ1v) is 6.46. The predicted molar refractivity (Wildman–Crippen MR) is 77.7 cm³/mol. The summed E-state index contributed by atoms with van der Waals surface area (Å²) in [5.41, 5.74) is 0.233. The van der Waals surface area contributed by atoms with Gasteiger partial charge in [0.2, 0.25) is 11.1 Å². The number of hydrogen-bond acceptors (Lipinski definition) is 6. The van der Waals surface area contributed by atoms with Crippen LogP contribution in [0.1, 0.15) is 0 Å². The summed E-state index contributed by atoms with van der Waals surface area (Å²) in [5.74, 6) is 0.503. The lowest BCUT2D eigenvalue weighted by Gasteiger charge is -2.11. The van der Waals surface area contributed by atoms with Crippen molar-refractivity contribution in [1.29, 1.82) is 0 Å². The van der Waals surface area contributed by atoms with Crippen molar-refractivity contribution in [2.24, 2.45) is 0 Å². The van der Waals surface area contributed by atoms with Crippen LogP contribution < -0.4 is 10.1 Å². The smallest absolute Gasteiger partial charge is 0.329 e. The molecule has 104 valence electrons. The summed E-state index contributed by atoms with van der Waals surface area (Å²) in [6.07, 6.45) is 1.04. The Labute approximate surface area is 127 Å². The first-order valence-electron chi connectivity index (χ1n) is 5.28. The van der Waals surface area contributed by atoms with Gasteiger partial charge in [0.1, 0.15) is 11.9 Å². The monoisotopic (exact) mass is 358 g/mol. The zero-order valence-electron chi connectivity index (χ0n) is 10.1. The Kier molecular flexibility index (Phi) is 4.35. The van der Waals surface area contributed by atoms with Gasteiger partial charge < -0.3 is 10.1 Å². The number of aromatic nitrogens is 2. The fourth-order valence-electron chi connectivity index (χ4n) is 1.48. The number of ether oxygens (including phenoxy) is 1. The van der Waals surface area contributed by atoms with E-state index in [1.807, 2.05) is 0 Å². The molecule has 0 aliphatic rings. The average molecular weight is 360 g/mol. The molecule has 0 bridgehead atoms. The Morgan fingerprint density at radius 3 is 2.90 bits per heavy atom. The fourth-order valence-corrected chi connectivity index (χ4v) is 1.98. The molecule has 0 aliphatic carbocycles. The molecule has 1 aromatic heterocycles. The Bertz CT molecular complexity index is 668. The van der Waals surface area contributed by atoms with Crippen LogP contribution in [0.3, 0.4) is 0 Å². The Morgan fingerprint density at radius 2 is 2.25 bits per heavy atom. The van der Waals surface area contributed by atoms with Gasteiger partial charge in [-0.25, -0.2) is 4.98 Å². The lowest BCUT2D eigenvalue weighted by atomic mass is 10.3. The van der Waals surface area contributed by atoms with E-state index in [1.54, 1.807) is 18.2 Å². The molecule has 1 heterocycles. The van der Waals surface area contributed by atoms with Crippen LogP contribution in [0.4, 0.5) is 17.2 Å². The number of rotatable bonds is 4. The van der Waals surface area contributed by atoms with Gasteiger partial charge in [0, 0.05) is 4.47 Å². The van der Waals surface area contributed by atoms with Gasteiger partial charge in [-0.3, -0.25) is 10.1 Å². The molecule has 20 heavy (non-hydrogen) atoms. The van der Waals surface area contributed by atoms with Crippen LogP contribution in [0.5, 0.6) is 5.75 Å². The minimum atomic E-state index is -0.594. The predicted octanol–water partition coefficient (Wildman–Crippen LogP) is 3.55. The Morgan fingerprint density at radius 1 is 1.50 bits per heavy atom. The minimum Gasteiger partial charge on any atom is -0.495 e. The molecule has 1 N–H and O–H groups in total. The van der Waals surface area contributed by atoms with Crippen LogP contribution in [0.25, 0.3) is 0 Å². The maximum absolute atomic E-state index is 10.9. The average Bonchev–Trinajstić information content (AvgIpc) is 2.38. The second-order valence-electron chi connectivity index (χ2n) is 3.60. The lowest BCUT2D eigenvalue weighted by Crippen LogP contribution is -2.02. The molecule has 0 saturated heterocycles. The number of anilines is 2. The Balaban J connectivity index is 2.46. The Hall–Kier alpha value is -1.93. The van der Waals surface area contributed by atoms with Crippen LogP contribution >= 0.6 is 27.5 Å². The van der Waals surface area contributed by atoms with Gasteiger partial charge in [-0.1, -0.05) is 15.9 Å². The maximum atomic E-state index is 10.9. The topological polar surface area (TPSA) is 90.2 Å². The van der Waals surface area contributed by atoms with Gasteiger partial charge in [0.25, 0.3) is 0 Å². The number of nitrogens with zero attached hydrogens (tertiary/aromatic N) is 3. The van der Waals surface area contributed by atoms with Crippen molar-refractivity contribution >= 4 is 44.7 Å². The van der Waals surface area contributed by atoms with Crippen molar-refractivity contribution in [3.8, 4) is 5.75 Å². The molecule has 0 aliphatic heterocycles. The number of hydrogen-bond donors (Lipinski definition) is 1. The van der Waals surface area contributed by atoms with E-state index in [0.29, 0.717) is 11.4 Å². The van der Waals surface area contributed by atoms with E-state index in [2.05, 4.69) is 31.2 Å². The first-order chi connectivity index (χ1) is 9.51. The number of methoxy groups -OCH3 is 1. The van der Waals surface area contributed by atoms with Crippen LogP contribution in [0.15, 0.2) is 28.9 Å². The third kappa shape index (κ3) is 3.14. The maximum Gasteiger partial charge on any atom is 0.329 e. The number of nitro groups is 1. The highest BCUT2D eigenvalue weighted by molar-refractivity contribution is 9.10. The van der Waals surface area contributed by atoms with E-state index in [0.717, 1.165) is 10.7 Å². The zero-order valence-corrected chi connectivity index (χ0v) is 12.5. The summed E-state index contributed by atoms with van der Waals surface area (Å²) in [4.78, 5) is 17.8. The molecule has 0 spiro atoms. The summed E-state index contributed by atoms with van der Waals surface area (Å²) < 4.78 is 5.95. The molecule has 7 nitrogen and oxygen atoms in total. The molecule has 0 amide bonds. The highest BCUT2D eigenvalue weighted by Gasteiger charge is 2.18. The molecule has 0 saturated carbocycles. The van der Waals surface area contributed by atoms with Gasteiger partial charge in [-0.05, 0) is 29.8 Å². The largest absolute Gasteiger partial charge is 0.495 e. The zero-order chi connectivity index (χ0) is 14.7. The third-order valence-corrected chi connectivity index (χ3v) is 3.03. The number of benzene rings is 1. The molecule has 9 heteroatoms. The molecule has 0 fully saturated rings. The number of nitrogens with one attached hydrogen (secondary N) is 1. The molecular weight excluding hydrogens is 352 g/mol. The van der Waals surface area contributed by atoms with E-state index in [1.165, 1.54) is 7.11 Å². The van der Waals surface area contributed by atoms with Gasteiger partial charge >= 0.3 is 5.69 Å². The molecular formula is C11H8BrClN4O3. The van der Waals surface area contributed by atoms with E-state index < -0.39 is 4.92 Å². The van der Waals surface area contributed by atoms with Crippen molar-refractivity contribution in [2.45, 2.75) is 0 Å². The molecule has 1 aromatic carbocycles. The molecule has 0 radical (unpaired) electrons. The highest BCUT2D eigenvalue weighted by Crippen LogP contribution is 2.33. The van der Waals surface area contributed by atoms with Gasteiger partial charge in [-0.2, -0.15) is 4.98 Å². The molecule has 0 unspecified atom stereocenters. The third-order valence-electron chi connectivity index (χ3n) is 2.35. The summed E-state index contributed by atoms with van der Waals surface area (Å²) in [7, 11) is 1.50. The van der Waals surface area contributed by atoms with E-state index in [-0.39, 0.29) is 16.8 Å². The van der Waals surface area contributed by atoms with Crippen molar-refractivity contribution in [3.63, 3.8) is 0 Å². The van der Waals surface area contributed by atoms with Crippen LogP contribution in [-0.4, -0.2) is 22.0 Å². The first kappa shape index (κ1) is 14.5. The summed E-state index contributed by atoms with van der Waals surface area (Å²) >= 11 is 8.98. The number of halogens is 2. The lowest BCUT2D eigenvalue weighted by molar-refractivity contribution is -0.384. The minimum absolute atomic E-state index is 0.00796. The van der Waals surface area contributed by atoms with Crippen molar-refractivity contribution in [2.75, 3.05) is 12.4 Å². The summed E-state index contributed by atoms with van der Waals surface area (Å²) in [6.45, 7) is 0. The van der Waals surface area contributed by atoms with Crippen molar-refractivity contribution < 1.29 is 9.66 Å². The highest BCUT2D eigenvalue weighted by atomic mass is 79.9. The molecule has 0 atom stereocenters. The summed E-state index contributed by atoms with van der Waals surface area (Å²) in [5, 5.41) is 13.7. The normalized spacial score (nSPS) is 10.2. The fraction of sp³-hybridized carbons (Fsp3) is 0.0909. The van der Waals surface area contributed by atoms with Crippen LogP contribution in [-0.2, 0) is 0 Å². The van der Waals surface area contributed by atoms with Crippen molar-refractivity contribution in [3.05, 3.63) is 44.3 Å². The van der Waals surface area contributed by atoms with E-state index in [4.69, 9.17) is 16.3 Å². The van der Waals surface area contributed by atoms with Crippen molar-refractivity contribution in [1.82, 2.24) is 9.97 Å². The van der Waals surface area contributed by atoms with Gasteiger partial charge in [0.15, 0.2) is 0 Å².